The number of ether oxygens (including phenoxy) is 3. The standard InChI is InChI=1S/C38H44F2N2O7/c1-4-38(32-23-35(48-3)34(47-2)21-27(32)14-20-49-38)15-17-42-19-18-41(24-33(42)31(37(45)46)22-36(43)44)16-13-30(25-5-9-28(39)10-6-25)26-7-11-29(40)12-8-26/h5-12,21-23,30,33H,4,13-20,24H2,1-3H3,(H,43,44)(H,45,46). The number of carboxylic acid groups (broad SMARTS) is 2. The Morgan fingerprint density at radius 2 is 1.57 bits per heavy atom. The molecule has 5 rings (SSSR count). The lowest BCUT2D eigenvalue weighted by atomic mass is 9.81. The molecule has 9 nitrogen and oxygen atoms in total. The molecule has 3 aromatic rings. The molecule has 2 aliphatic heterocycles. The van der Waals surface area contributed by atoms with Crippen LogP contribution in [0.25, 0.3) is 0 Å². The molecule has 0 bridgehead atoms. The number of hydrogen-bond donors (Lipinski definition) is 2. The van der Waals surface area contributed by atoms with Crippen LogP contribution in [0.3, 0.4) is 0 Å². The van der Waals surface area contributed by atoms with Gasteiger partial charge in [-0.2, -0.15) is 0 Å². The molecule has 0 saturated carbocycles. The minimum Gasteiger partial charge on any atom is -0.493 e. The minimum absolute atomic E-state index is 0.158. The molecule has 0 aromatic heterocycles. The second kappa shape index (κ2) is 15.9. The Bertz CT molecular complexity index is 1600. The van der Waals surface area contributed by atoms with Gasteiger partial charge in [-0.3, -0.25) is 4.90 Å². The molecule has 1 fully saturated rings. The van der Waals surface area contributed by atoms with Gasteiger partial charge in [-0.15, -0.1) is 0 Å². The highest BCUT2D eigenvalue weighted by atomic mass is 19.1. The average Bonchev–Trinajstić information content (AvgIpc) is 3.10. The maximum atomic E-state index is 13.8. The lowest BCUT2D eigenvalue weighted by molar-refractivity contribution is -0.136. The summed E-state index contributed by atoms with van der Waals surface area (Å²) in [5.41, 5.74) is 3.06. The van der Waals surface area contributed by atoms with Crippen molar-refractivity contribution in [2.75, 3.05) is 53.6 Å². The molecular weight excluding hydrogens is 634 g/mol. The maximum absolute atomic E-state index is 13.8. The lowest BCUT2D eigenvalue weighted by Crippen LogP contribution is -2.56. The van der Waals surface area contributed by atoms with Gasteiger partial charge in [0.1, 0.15) is 11.6 Å². The first kappa shape index (κ1) is 36.0. The number of benzene rings is 3. The molecule has 0 spiro atoms. The van der Waals surface area contributed by atoms with Crippen LogP contribution in [0.1, 0.15) is 54.4 Å². The van der Waals surface area contributed by atoms with E-state index in [4.69, 9.17) is 14.2 Å². The molecule has 2 atom stereocenters. The number of piperazine rings is 1. The Morgan fingerprint density at radius 1 is 0.959 bits per heavy atom. The van der Waals surface area contributed by atoms with E-state index in [2.05, 4.69) is 11.8 Å². The van der Waals surface area contributed by atoms with E-state index >= 15 is 0 Å². The van der Waals surface area contributed by atoms with E-state index in [9.17, 15) is 28.6 Å². The van der Waals surface area contributed by atoms with Gasteiger partial charge in [-0.05, 0) is 90.9 Å². The topological polar surface area (TPSA) is 109 Å². The largest absolute Gasteiger partial charge is 0.493 e. The molecule has 0 radical (unpaired) electrons. The van der Waals surface area contributed by atoms with Gasteiger partial charge in [-0.1, -0.05) is 31.2 Å². The summed E-state index contributed by atoms with van der Waals surface area (Å²) in [6.07, 6.45) is 3.34. The van der Waals surface area contributed by atoms with E-state index in [-0.39, 0.29) is 23.1 Å². The van der Waals surface area contributed by atoms with Gasteiger partial charge >= 0.3 is 11.9 Å². The number of fused-ring (bicyclic) bond motifs is 1. The summed E-state index contributed by atoms with van der Waals surface area (Å²) in [5.74, 6) is -2.21. The van der Waals surface area contributed by atoms with Crippen LogP contribution in [0.4, 0.5) is 8.78 Å². The molecule has 262 valence electrons. The van der Waals surface area contributed by atoms with Crippen LogP contribution in [0, 0.1) is 11.6 Å². The fourth-order valence-corrected chi connectivity index (χ4v) is 7.29. The van der Waals surface area contributed by atoms with Crippen LogP contribution in [0.15, 0.2) is 72.3 Å². The number of aliphatic carboxylic acids is 2. The summed E-state index contributed by atoms with van der Waals surface area (Å²) in [7, 11) is 3.20. The van der Waals surface area contributed by atoms with Crippen LogP contribution >= 0.6 is 0 Å². The molecule has 49 heavy (non-hydrogen) atoms. The van der Waals surface area contributed by atoms with Crippen LogP contribution in [0.2, 0.25) is 0 Å². The van der Waals surface area contributed by atoms with E-state index < -0.39 is 23.6 Å². The van der Waals surface area contributed by atoms with Crippen molar-refractivity contribution in [2.45, 2.75) is 50.2 Å². The summed E-state index contributed by atoms with van der Waals surface area (Å²) in [6, 6.07) is 15.8. The molecule has 2 aliphatic rings. The third-order valence-corrected chi connectivity index (χ3v) is 9.96. The first-order valence-electron chi connectivity index (χ1n) is 16.6. The Balaban J connectivity index is 1.38. The van der Waals surface area contributed by atoms with Gasteiger partial charge in [0.25, 0.3) is 0 Å². The number of methoxy groups -OCH3 is 2. The SMILES string of the molecule is CCC1(CCN2CCN(CCC(c3ccc(F)cc3)c3ccc(F)cc3)CC2C(=CC(=O)O)C(=O)O)OCCc2cc(OC)c(OC)cc21. The Labute approximate surface area is 285 Å². The van der Waals surface area contributed by atoms with Crippen molar-refractivity contribution in [3.63, 3.8) is 0 Å². The van der Waals surface area contributed by atoms with E-state index in [1.807, 2.05) is 17.0 Å². The molecule has 0 aliphatic carbocycles. The van der Waals surface area contributed by atoms with Crippen molar-refractivity contribution in [2.24, 2.45) is 0 Å². The Kier molecular flexibility index (Phi) is 11.7. The molecular formula is C38H44F2N2O7. The average molecular weight is 679 g/mol. The third kappa shape index (κ3) is 8.29. The molecule has 11 heteroatoms. The molecule has 1 saturated heterocycles. The monoisotopic (exact) mass is 678 g/mol. The van der Waals surface area contributed by atoms with E-state index in [0.717, 1.165) is 34.8 Å². The van der Waals surface area contributed by atoms with Crippen molar-refractivity contribution < 1.29 is 42.8 Å². The molecule has 2 N–H and O–H groups in total. The molecule has 2 unspecified atom stereocenters. The highest BCUT2D eigenvalue weighted by molar-refractivity contribution is 5.95. The van der Waals surface area contributed by atoms with Gasteiger partial charge in [0, 0.05) is 38.2 Å². The first-order valence-corrected chi connectivity index (χ1v) is 16.6. The van der Waals surface area contributed by atoms with Gasteiger partial charge < -0.3 is 29.3 Å². The highest BCUT2D eigenvalue weighted by Gasteiger charge is 2.40. The second-order valence-electron chi connectivity index (χ2n) is 12.6. The summed E-state index contributed by atoms with van der Waals surface area (Å²) in [5, 5.41) is 19.8. The van der Waals surface area contributed by atoms with Gasteiger partial charge in [0.2, 0.25) is 0 Å². The zero-order chi connectivity index (χ0) is 35.1. The van der Waals surface area contributed by atoms with Crippen LogP contribution in [0.5, 0.6) is 11.5 Å². The first-order chi connectivity index (χ1) is 23.6. The summed E-state index contributed by atoms with van der Waals surface area (Å²) < 4.78 is 45.2. The lowest BCUT2D eigenvalue weighted by Gasteiger charge is -2.45. The second-order valence-corrected chi connectivity index (χ2v) is 12.6. The Morgan fingerprint density at radius 3 is 2.12 bits per heavy atom. The fraction of sp³-hybridized carbons (Fsp3) is 0.421. The predicted molar refractivity (Wildman–Crippen MR) is 180 cm³/mol. The van der Waals surface area contributed by atoms with E-state index in [1.165, 1.54) is 24.3 Å². The van der Waals surface area contributed by atoms with E-state index in [0.29, 0.717) is 70.1 Å². The van der Waals surface area contributed by atoms with Gasteiger partial charge in [0.15, 0.2) is 11.5 Å². The minimum atomic E-state index is -1.32. The number of carbonyl (C=O) groups is 2. The van der Waals surface area contributed by atoms with Crippen molar-refractivity contribution >= 4 is 11.9 Å². The van der Waals surface area contributed by atoms with Crippen LogP contribution in [-0.2, 0) is 26.3 Å². The van der Waals surface area contributed by atoms with E-state index in [1.54, 1.807) is 38.5 Å². The maximum Gasteiger partial charge on any atom is 0.333 e. The zero-order valence-corrected chi connectivity index (χ0v) is 28.2. The van der Waals surface area contributed by atoms with Crippen molar-refractivity contribution in [1.29, 1.82) is 0 Å². The third-order valence-electron chi connectivity index (χ3n) is 9.96. The molecule has 0 amide bonds. The summed E-state index contributed by atoms with van der Waals surface area (Å²) in [6.45, 7) is 5.04. The van der Waals surface area contributed by atoms with Crippen molar-refractivity contribution in [3.8, 4) is 11.5 Å². The summed E-state index contributed by atoms with van der Waals surface area (Å²) in [4.78, 5) is 28.5. The van der Waals surface area contributed by atoms with Gasteiger partial charge in [0.05, 0.1) is 38.0 Å². The van der Waals surface area contributed by atoms with Crippen LogP contribution in [-0.4, -0.2) is 91.5 Å². The summed E-state index contributed by atoms with van der Waals surface area (Å²) >= 11 is 0. The molecule has 3 aromatic carbocycles. The van der Waals surface area contributed by atoms with Gasteiger partial charge in [-0.25, -0.2) is 18.4 Å². The van der Waals surface area contributed by atoms with Crippen molar-refractivity contribution in [3.05, 3.63) is 106 Å². The number of nitrogens with zero attached hydrogens (tertiary/aromatic N) is 2. The highest BCUT2D eigenvalue weighted by Crippen LogP contribution is 2.44. The smallest absolute Gasteiger partial charge is 0.333 e. The number of rotatable bonds is 14. The molecule has 2 heterocycles. The van der Waals surface area contributed by atoms with Crippen molar-refractivity contribution in [1.82, 2.24) is 9.80 Å². The zero-order valence-electron chi connectivity index (χ0n) is 28.2. The Hall–Kier alpha value is -4.32. The normalized spacial score (nSPS) is 20.2. The number of carboxylic acids is 2. The predicted octanol–water partition coefficient (Wildman–Crippen LogP) is 5.85. The quantitative estimate of drug-likeness (QED) is 0.203. The number of halogens is 2. The fourth-order valence-electron chi connectivity index (χ4n) is 7.29. The van der Waals surface area contributed by atoms with Crippen LogP contribution < -0.4 is 9.47 Å². The number of hydrogen-bond acceptors (Lipinski definition) is 7.